The van der Waals surface area contributed by atoms with Gasteiger partial charge < -0.3 is 10.2 Å². The smallest absolute Gasteiger partial charge is 0.220 e. The molecular weight excluding hydrogens is 332 g/mol. The highest BCUT2D eigenvalue weighted by Gasteiger charge is 2.01. The van der Waals surface area contributed by atoms with Crippen LogP contribution in [0.15, 0.2) is 34.9 Å². The summed E-state index contributed by atoms with van der Waals surface area (Å²) in [5.41, 5.74) is 4.26. The van der Waals surface area contributed by atoms with Crippen LogP contribution in [0, 0.1) is 0 Å². The molecule has 0 aromatic carbocycles. The monoisotopic (exact) mass is 376 g/mol. The summed E-state index contributed by atoms with van der Waals surface area (Å²) in [4.78, 5) is 14.3. The van der Waals surface area contributed by atoms with E-state index < -0.39 is 0 Å². The first-order valence-electron chi connectivity index (χ1n) is 10.8. The van der Waals surface area contributed by atoms with Gasteiger partial charge in [0.15, 0.2) is 0 Å². The number of carbonyl (C=O) groups is 1. The largest absolute Gasteiger partial charge is 0.356 e. The predicted octanol–water partition coefficient (Wildman–Crippen LogP) is 6.03. The molecule has 27 heavy (non-hydrogen) atoms. The van der Waals surface area contributed by atoms with Gasteiger partial charge in [0.1, 0.15) is 0 Å². The fourth-order valence-corrected chi connectivity index (χ4v) is 2.95. The van der Waals surface area contributed by atoms with Crippen molar-refractivity contribution in [2.75, 3.05) is 26.2 Å². The van der Waals surface area contributed by atoms with Crippen LogP contribution in [0.25, 0.3) is 0 Å². The number of rotatable bonds is 15. The molecule has 0 aliphatic carbocycles. The third kappa shape index (κ3) is 16.5. The summed E-state index contributed by atoms with van der Waals surface area (Å²) in [6.07, 6.45) is 13.8. The van der Waals surface area contributed by atoms with Crippen LogP contribution in [0.5, 0.6) is 0 Å². The highest BCUT2D eigenvalue weighted by molar-refractivity contribution is 5.75. The van der Waals surface area contributed by atoms with Crippen molar-refractivity contribution in [1.29, 1.82) is 0 Å². The van der Waals surface area contributed by atoms with Crippen molar-refractivity contribution in [1.82, 2.24) is 10.2 Å². The average Bonchev–Trinajstić information content (AvgIpc) is 2.61. The van der Waals surface area contributed by atoms with Gasteiger partial charge in [-0.1, -0.05) is 48.8 Å². The number of amides is 1. The Labute approximate surface area is 169 Å². The van der Waals surface area contributed by atoms with Gasteiger partial charge in [0.05, 0.1) is 0 Å². The van der Waals surface area contributed by atoms with E-state index in [0.717, 1.165) is 64.7 Å². The summed E-state index contributed by atoms with van der Waals surface area (Å²) in [5, 5.41) is 3.04. The average molecular weight is 377 g/mol. The molecule has 0 aliphatic rings. The molecule has 3 nitrogen and oxygen atoms in total. The van der Waals surface area contributed by atoms with Crippen LogP contribution in [0.3, 0.4) is 0 Å². The molecule has 0 rings (SSSR count). The molecule has 0 heterocycles. The van der Waals surface area contributed by atoms with Crippen LogP contribution in [-0.4, -0.2) is 37.0 Å². The molecular formula is C24H44N2O. The molecule has 0 unspecified atom stereocenters. The van der Waals surface area contributed by atoms with E-state index in [0.29, 0.717) is 6.42 Å². The lowest BCUT2D eigenvalue weighted by Crippen LogP contribution is -2.29. The summed E-state index contributed by atoms with van der Waals surface area (Å²) in [6, 6.07) is 0. The lowest BCUT2D eigenvalue weighted by atomic mass is 10.1. The maximum absolute atomic E-state index is 11.9. The first-order valence-corrected chi connectivity index (χ1v) is 10.8. The Bertz CT molecular complexity index is 481. The first-order chi connectivity index (χ1) is 12.9. The van der Waals surface area contributed by atoms with E-state index in [1.165, 1.54) is 16.7 Å². The molecule has 0 atom stereocenters. The molecule has 0 saturated carbocycles. The highest BCUT2D eigenvalue weighted by atomic mass is 16.1. The van der Waals surface area contributed by atoms with Crippen LogP contribution >= 0.6 is 0 Å². The lowest BCUT2D eigenvalue weighted by Gasteiger charge is -2.17. The van der Waals surface area contributed by atoms with Crippen LogP contribution in [0.1, 0.15) is 86.5 Å². The van der Waals surface area contributed by atoms with E-state index >= 15 is 0 Å². The maximum atomic E-state index is 11.9. The van der Waals surface area contributed by atoms with Crippen LogP contribution in [0.4, 0.5) is 0 Å². The summed E-state index contributed by atoms with van der Waals surface area (Å²) >= 11 is 0. The third-order valence-corrected chi connectivity index (χ3v) is 4.85. The SMILES string of the molecule is CCN(CC)CCCNC(=O)CCC=C(C)CCC=C(C)CCC=C(C)C. The standard InChI is InChI=1S/C24H44N2O/c1-7-26(8-2)20-12-19-25-24(27)18-11-17-23(6)16-10-15-22(5)14-9-13-21(3)4/h13,15,17H,7-12,14,16,18-20H2,1-6H3,(H,25,27). The van der Waals surface area contributed by atoms with Gasteiger partial charge in [-0.15, -0.1) is 0 Å². The molecule has 0 fully saturated rings. The van der Waals surface area contributed by atoms with Gasteiger partial charge >= 0.3 is 0 Å². The quantitative estimate of drug-likeness (QED) is 0.279. The Morgan fingerprint density at radius 1 is 0.815 bits per heavy atom. The minimum Gasteiger partial charge on any atom is -0.356 e. The van der Waals surface area contributed by atoms with Crippen LogP contribution in [-0.2, 0) is 4.79 Å². The normalized spacial score (nSPS) is 12.4. The number of hydrogen-bond donors (Lipinski definition) is 1. The van der Waals surface area contributed by atoms with Gasteiger partial charge in [-0.2, -0.15) is 0 Å². The fourth-order valence-electron chi connectivity index (χ4n) is 2.95. The number of hydrogen-bond acceptors (Lipinski definition) is 2. The Morgan fingerprint density at radius 3 is 1.85 bits per heavy atom. The minimum absolute atomic E-state index is 0.175. The minimum atomic E-state index is 0.175. The molecule has 0 aromatic heterocycles. The molecule has 0 spiro atoms. The fraction of sp³-hybridized carbons (Fsp3) is 0.708. The van der Waals surface area contributed by atoms with Crippen molar-refractivity contribution in [3.05, 3.63) is 34.9 Å². The second-order valence-electron chi connectivity index (χ2n) is 7.73. The van der Waals surface area contributed by atoms with Gasteiger partial charge in [0.2, 0.25) is 5.91 Å². The zero-order valence-corrected chi connectivity index (χ0v) is 18.9. The van der Waals surface area contributed by atoms with Gasteiger partial charge in [0, 0.05) is 13.0 Å². The van der Waals surface area contributed by atoms with E-state index in [-0.39, 0.29) is 5.91 Å². The van der Waals surface area contributed by atoms with E-state index in [4.69, 9.17) is 0 Å². The predicted molar refractivity (Wildman–Crippen MR) is 120 cm³/mol. The molecule has 0 radical (unpaired) electrons. The Kier molecular flexibility index (Phi) is 16.0. The van der Waals surface area contributed by atoms with Crippen molar-refractivity contribution < 1.29 is 4.79 Å². The van der Waals surface area contributed by atoms with Crippen molar-refractivity contribution in [3.8, 4) is 0 Å². The Morgan fingerprint density at radius 2 is 1.33 bits per heavy atom. The maximum Gasteiger partial charge on any atom is 0.220 e. The van der Waals surface area contributed by atoms with Crippen LogP contribution < -0.4 is 5.32 Å². The van der Waals surface area contributed by atoms with Crippen molar-refractivity contribution in [3.63, 3.8) is 0 Å². The number of nitrogens with zero attached hydrogens (tertiary/aromatic N) is 1. The summed E-state index contributed by atoms with van der Waals surface area (Å²) in [5.74, 6) is 0.175. The van der Waals surface area contributed by atoms with E-state index in [1.54, 1.807) is 0 Å². The van der Waals surface area contributed by atoms with Gasteiger partial charge in [0.25, 0.3) is 0 Å². The lowest BCUT2D eigenvalue weighted by molar-refractivity contribution is -0.121. The second kappa shape index (κ2) is 16.8. The van der Waals surface area contributed by atoms with Crippen molar-refractivity contribution in [2.24, 2.45) is 0 Å². The van der Waals surface area contributed by atoms with Crippen molar-refractivity contribution >= 4 is 5.91 Å². The summed E-state index contributed by atoms with van der Waals surface area (Å²) in [6.45, 7) is 17.1. The van der Waals surface area contributed by atoms with E-state index in [1.807, 2.05) is 0 Å². The summed E-state index contributed by atoms with van der Waals surface area (Å²) < 4.78 is 0. The van der Waals surface area contributed by atoms with Crippen molar-refractivity contribution in [2.45, 2.75) is 86.5 Å². The molecule has 0 aromatic rings. The first kappa shape index (κ1) is 25.6. The molecule has 1 amide bonds. The van der Waals surface area contributed by atoms with Gasteiger partial charge in [-0.05, 0) is 85.9 Å². The molecule has 156 valence electrons. The molecule has 0 aliphatic heterocycles. The highest BCUT2D eigenvalue weighted by Crippen LogP contribution is 2.12. The van der Waals surface area contributed by atoms with Gasteiger partial charge in [-0.25, -0.2) is 0 Å². The number of carbonyl (C=O) groups excluding carboxylic acids is 1. The number of nitrogens with one attached hydrogen (secondary N) is 1. The second-order valence-corrected chi connectivity index (χ2v) is 7.73. The topological polar surface area (TPSA) is 32.3 Å². The zero-order chi connectivity index (χ0) is 20.5. The zero-order valence-electron chi connectivity index (χ0n) is 18.9. The van der Waals surface area contributed by atoms with Crippen LogP contribution in [0.2, 0.25) is 0 Å². The molecule has 0 bridgehead atoms. The van der Waals surface area contributed by atoms with Gasteiger partial charge in [-0.3, -0.25) is 4.79 Å². The Hall–Kier alpha value is -1.35. The molecule has 3 heteroatoms. The van der Waals surface area contributed by atoms with E-state index in [9.17, 15) is 4.79 Å². The summed E-state index contributed by atoms with van der Waals surface area (Å²) in [7, 11) is 0. The van der Waals surface area contributed by atoms with E-state index in [2.05, 4.69) is 70.0 Å². The third-order valence-electron chi connectivity index (χ3n) is 4.85. The Balaban J connectivity index is 3.85. The number of allylic oxidation sites excluding steroid dienone is 6. The molecule has 1 N–H and O–H groups in total. The molecule has 0 saturated heterocycles.